The molecule has 0 aliphatic carbocycles. The van der Waals surface area contributed by atoms with Crippen LogP contribution >= 0.6 is 0 Å². The molecule has 0 bridgehead atoms. The summed E-state index contributed by atoms with van der Waals surface area (Å²) in [5.74, 6) is -1.96. The van der Waals surface area contributed by atoms with Crippen LogP contribution in [0.4, 0.5) is 32.0 Å². The van der Waals surface area contributed by atoms with Gasteiger partial charge in [-0.2, -0.15) is 26.3 Å². The third kappa shape index (κ3) is 10.7. The number of para-hydroxylation sites is 1. The van der Waals surface area contributed by atoms with Gasteiger partial charge < -0.3 is 10.8 Å². The predicted octanol–water partition coefficient (Wildman–Crippen LogP) is 5.81. The topological polar surface area (TPSA) is 92.4 Å². The Morgan fingerprint density at radius 1 is 0.727 bits per heavy atom. The van der Waals surface area contributed by atoms with Gasteiger partial charge in [-0.15, -0.1) is 0 Å². The molecule has 0 fully saturated rings. The number of rotatable bonds is 3. The SMILES string of the molecule is FC(F)(F)Nc1ccccc1.NC(=O)c1ccccc1.O=C(O)c1ccccc1C(F)(F)F. The molecule has 0 saturated carbocycles. The molecule has 33 heavy (non-hydrogen) atoms. The molecule has 3 rings (SSSR count). The number of anilines is 1. The largest absolute Gasteiger partial charge is 0.482 e. The zero-order chi connectivity index (χ0) is 25.1. The number of benzene rings is 3. The Labute approximate surface area is 184 Å². The second kappa shape index (κ2) is 12.1. The lowest BCUT2D eigenvalue weighted by Crippen LogP contribution is -2.20. The molecule has 4 N–H and O–H groups in total. The molecule has 0 saturated heterocycles. The normalized spacial score (nSPS) is 10.6. The van der Waals surface area contributed by atoms with Crippen molar-refractivity contribution in [2.75, 3.05) is 5.32 Å². The van der Waals surface area contributed by atoms with E-state index in [2.05, 4.69) is 0 Å². The van der Waals surface area contributed by atoms with Crippen LogP contribution in [0.5, 0.6) is 0 Å². The average molecular weight is 472 g/mol. The van der Waals surface area contributed by atoms with E-state index in [1.807, 2.05) is 6.07 Å². The molecular formula is C22H18F6N2O3. The molecule has 3 aromatic rings. The van der Waals surface area contributed by atoms with Crippen LogP contribution in [0, 0.1) is 0 Å². The van der Waals surface area contributed by atoms with E-state index in [1.54, 1.807) is 30.3 Å². The van der Waals surface area contributed by atoms with Gasteiger partial charge in [-0.1, -0.05) is 48.5 Å². The first-order valence-corrected chi connectivity index (χ1v) is 8.95. The molecule has 0 atom stereocenters. The number of primary amides is 1. The third-order valence-corrected chi connectivity index (χ3v) is 3.58. The number of aromatic carboxylic acids is 1. The summed E-state index contributed by atoms with van der Waals surface area (Å²) in [5.41, 5.74) is 3.73. The molecule has 1 amide bonds. The number of nitrogens with one attached hydrogen (secondary N) is 1. The van der Waals surface area contributed by atoms with Crippen molar-refractivity contribution in [1.29, 1.82) is 0 Å². The van der Waals surface area contributed by atoms with Crippen molar-refractivity contribution in [3.8, 4) is 0 Å². The van der Waals surface area contributed by atoms with Crippen molar-refractivity contribution in [2.24, 2.45) is 5.73 Å². The summed E-state index contributed by atoms with van der Waals surface area (Å²) in [6, 6.07) is 20.3. The van der Waals surface area contributed by atoms with Crippen molar-refractivity contribution in [1.82, 2.24) is 0 Å². The highest BCUT2D eigenvalue weighted by atomic mass is 19.4. The van der Waals surface area contributed by atoms with E-state index in [9.17, 15) is 35.9 Å². The molecule has 0 radical (unpaired) electrons. The van der Waals surface area contributed by atoms with Gasteiger partial charge in [0.05, 0.1) is 11.1 Å². The second-order valence-electron chi connectivity index (χ2n) is 6.07. The summed E-state index contributed by atoms with van der Waals surface area (Å²) in [5, 5.41) is 9.81. The Kier molecular flexibility index (Phi) is 9.93. The Bertz CT molecular complexity index is 1020. The Morgan fingerprint density at radius 2 is 1.18 bits per heavy atom. The van der Waals surface area contributed by atoms with Gasteiger partial charge in [0.2, 0.25) is 5.91 Å². The van der Waals surface area contributed by atoms with Crippen LogP contribution in [0.1, 0.15) is 26.3 Å². The first kappa shape index (κ1) is 27.0. The molecule has 0 heterocycles. The van der Waals surface area contributed by atoms with Crippen molar-refractivity contribution in [3.63, 3.8) is 0 Å². The molecule has 0 aromatic heterocycles. The maximum Gasteiger partial charge on any atom is 0.482 e. The lowest BCUT2D eigenvalue weighted by molar-refractivity contribution is -0.138. The van der Waals surface area contributed by atoms with E-state index >= 15 is 0 Å². The van der Waals surface area contributed by atoms with Crippen molar-refractivity contribution in [3.05, 3.63) is 102 Å². The average Bonchev–Trinajstić information content (AvgIpc) is 2.74. The van der Waals surface area contributed by atoms with Gasteiger partial charge >= 0.3 is 18.4 Å². The smallest absolute Gasteiger partial charge is 0.478 e. The Morgan fingerprint density at radius 3 is 1.55 bits per heavy atom. The van der Waals surface area contributed by atoms with Crippen LogP contribution in [0.3, 0.4) is 0 Å². The highest BCUT2D eigenvalue weighted by molar-refractivity contribution is 5.92. The molecule has 176 valence electrons. The lowest BCUT2D eigenvalue weighted by atomic mass is 10.1. The maximum atomic E-state index is 12.1. The fourth-order valence-electron chi connectivity index (χ4n) is 2.20. The molecule has 0 aliphatic rings. The minimum atomic E-state index is -4.62. The highest BCUT2D eigenvalue weighted by Crippen LogP contribution is 2.31. The van der Waals surface area contributed by atoms with Gasteiger partial charge in [0.1, 0.15) is 0 Å². The first-order chi connectivity index (χ1) is 15.3. The summed E-state index contributed by atoms with van der Waals surface area (Å²) < 4.78 is 71.3. The minimum Gasteiger partial charge on any atom is -0.478 e. The number of alkyl halides is 6. The van der Waals surface area contributed by atoms with Crippen LogP contribution in [-0.2, 0) is 6.18 Å². The predicted molar refractivity (Wildman–Crippen MR) is 109 cm³/mol. The summed E-state index contributed by atoms with van der Waals surface area (Å²) in [4.78, 5) is 20.8. The van der Waals surface area contributed by atoms with Crippen LogP contribution in [-0.4, -0.2) is 23.3 Å². The second-order valence-corrected chi connectivity index (χ2v) is 6.07. The van der Waals surface area contributed by atoms with Gasteiger partial charge in [0, 0.05) is 11.3 Å². The number of carboxylic acid groups (broad SMARTS) is 1. The van der Waals surface area contributed by atoms with E-state index in [1.165, 1.54) is 35.6 Å². The number of carbonyl (C=O) groups is 2. The van der Waals surface area contributed by atoms with Crippen molar-refractivity contribution >= 4 is 17.6 Å². The molecule has 3 aromatic carbocycles. The van der Waals surface area contributed by atoms with Crippen molar-refractivity contribution < 1.29 is 41.0 Å². The zero-order valence-corrected chi connectivity index (χ0v) is 16.7. The number of hydrogen-bond acceptors (Lipinski definition) is 3. The van der Waals surface area contributed by atoms with Gasteiger partial charge in [-0.25, -0.2) is 4.79 Å². The maximum absolute atomic E-state index is 12.1. The third-order valence-electron chi connectivity index (χ3n) is 3.58. The summed E-state index contributed by atoms with van der Waals surface area (Å²) in [6.45, 7) is 0. The highest BCUT2D eigenvalue weighted by Gasteiger charge is 2.34. The Hall–Kier alpha value is -4.02. The molecule has 0 aliphatic heterocycles. The number of hydrogen-bond donors (Lipinski definition) is 3. The minimum absolute atomic E-state index is 0.0556. The van der Waals surface area contributed by atoms with E-state index in [0.29, 0.717) is 5.56 Å². The number of nitrogens with two attached hydrogens (primary N) is 1. The molecule has 5 nitrogen and oxygen atoms in total. The van der Waals surface area contributed by atoms with E-state index < -0.39 is 29.6 Å². The van der Waals surface area contributed by atoms with Crippen molar-refractivity contribution in [2.45, 2.75) is 12.5 Å². The molecular weight excluding hydrogens is 454 g/mol. The van der Waals surface area contributed by atoms with Gasteiger partial charge in [0.25, 0.3) is 0 Å². The zero-order valence-electron chi connectivity index (χ0n) is 16.7. The standard InChI is InChI=1S/C8H5F3O2.C7H6F3N.C7H7NO/c9-8(10,11)6-4-2-1-3-5(6)7(12)13;8-7(9,10)11-6-4-2-1-3-5-6;8-7(9)6-4-2-1-3-5-6/h1-4H,(H,12,13);1-5,11H;1-5H,(H2,8,9). The van der Waals surface area contributed by atoms with E-state index in [-0.39, 0.29) is 11.6 Å². The monoisotopic (exact) mass is 472 g/mol. The fraction of sp³-hybridized carbons (Fsp3) is 0.0909. The number of halogens is 6. The summed E-state index contributed by atoms with van der Waals surface area (Å²) >= 11 is 0. The van der Waals surface area contributed by atoms with Gasteiger partial charge in [0.15, 0.2) is 0 Å². The Balaban J connectivity index is 0.000000252. The van der Waals surface area contributed by atoms with Gasteiger partial charge in [-0.3, -0.25) is 10.1 Å². The number of carbonyl (C=O) groups excluding carboxylic acids is 1. The van der Waals surface area contributed by atoms with Gasteiger partial charge in [-0.05, 0) is 36.4 Å². The number of amides is 1. The van der Waals surface area contributed by atoms with Crippen LogP contribution in [0.2, 0.25) is 0 Å². The molecule has 0 spiro atoms. The van der Waals surface area contributed by atoms with Crippen LogP contribution in [0.25, 0.3) is 0 Å². The number of carboxylic acids is 1. The quantitative estimate of drug-likeness (QED) is 0.332. The lowest BCUT2D eigenvalue weighted by Gasteiger charge is -2.08. The molecule has 0 unspecified atom stereocenters. The fourth-order valence-corrected chi connectivity index (χ4v) is 2.20. The summed E-state index contributed by atoms with van der Waals surface area (Å²) in [6.07, 6.45) is -8.96. The summed E-state index contributed by atoms with van der Waals surface area (Å²) in [7, 11) is 0. The van der Waals surface area contributed by atoms with Crippen LogP contribution < -0.4 is 11.1 Å². The van der Waals surface area contributed by atoms with E-state index in [0.717, 1.165) is 18.2 Å². The van der Waals surface area contributed by atoms with E-state index in [4.69, 9.17) is 10.8 Å². The van der Waals surface area contributed by atoms with Crippen LogP contribution in [0.15, 0.2) is 84.9 Å². The molecule has 11 heteroatoms. The first-order valence-electron chi connectivity index (χ1n) is 8.95.